The fourth-order valence-corrected chi connectivity index (χ4v) is 2.98. The minimum absolute atomic E-state index is 0.140. The van der Waals surface area contributed by atoms with E-state index in [9.17, 15) is 26.2 Å². The highest BCUT2D eigenvalue weighted by atomic mass is 35.7. The average Bonchev–Trinajstić information content (AvgIpc) is 2.26. The lowest BCUT2D eigenvalue weighted by Crippen LogP contribution is -2.17. The Morgan fingerprint density at radius 1 is 1.35 bits per heavy atom. The lowest BCUT2D eigenvalue weighted by atomic mass is 10.1. The van der Waals surface area contributed by atoms with Gasteiger partial charge in [-0.1, -0.05) is 12.1 Å². The zero-order valence-electron chi connectivity index (χ0n) is 9.90. The Morgan fingerprint density at radius 3 is 2.45 bits per heavy atom. The largest absolute Gasteiger partial charge is 0.417 e. The van der Waals surface area contributed by atoms with Crippen molar-refractivity contribution in [2.24, 2.45) is 0 Å². The van der Waals surface area contributed by atoms with E-state index in [2.05, 4.69) is 8.71 Å². The molecule has 0 aliphatic rings. The molecule has 0 radical (unpaired) electrons. The van der Waals surface area contributed by atoms with Crippen molar-refractivity contribution in [2.45, 2.75) is 18.0 Å². The first kappa shape index (κ1) is 17.5. The van der Waals surface area contributed by atoms with Crippen LogP contribution in [0.1, 0.15) is 11.1 Å². The summed E-state index contributed by atoms with van der Waals surface area (Å²) in [6, 6.07) is 2.89. The minimum Gasteiger partial charge on any atom is -0.291 e. The van der Waals surface area contributed by atoms with Crippen molar-refractivity contribution in [2.75, 3.05) is 6.79 Å². The molecule has 0 heterocycles. The molecule has 1 unspecified atom stereocenters. The Kier molecular flexibility index (Phi) is 5.62. The SMILES string of the molecule is Cc1cccc(C(F)(F)F)c1S(=O)(=O)OCO[PH](=O)Cl. The van der Waals surface area contributed by atoms with Gasteiger partial charge in [0.05, 0.1) is 5.56 Å². The van der Waals surface area contributed by atoms with E-state index in [0.717, 1.165) is 6.07 Å². The first-order valence-electron chi connectivity index (χ1n) is 4.94. The zero-order chi connectivity index (χ0) is 15.6. The van der Waals surface area contributed by atoms with Crippen LogP contribution in [0.3, 0.4) is 0 Å². The van der Waals surface area contributed by atoms with Crippen molar-refractivity contribution in [3.63, 3.8) is 0 Å². The maximum absolute atomic E-state index is 12.8. The number of alkyl halides is 3. The Labute approximate surface area is 118 Å². The van der Waals surface area contributed by atoms with Gasteiger partial charge in [0, 0.05) is 0 Å². The molecule has 1 atom stereocenters. The molecule has 0 saturated carbocycles. The van der Waals surface area contributed by atoms with Crippen LogP contribution in [0.25, 0.3) is 0 Å². The van der Waals surface area contributed by atoms with Gasteiger partial charge in [0.2, 0.25) is 0 Å². The van der Waals surface area contributed by atoms with Gasteiger partial charge in [-0.3, -0.25) is 9.09 Å². The maximum Gasteiger partial charge on any atom is 0.417 e. The molecule has 0 amide bonds. The highest BCUT2D eigenvalue weighted by Crippen LogP contribution is 2.36. The fourth-order valence-electron chi connectivity index (χ4n) is 1.40. The summed E-state index contributed by atoms with van der Waals surface area (Å²) in [5.74, 6) is 0. The monoisotopic (exact) mass is 352 g/mol. The van der Waals surface area contributed by atoms with Gasteiger partial charge in [-0.15, -0.1) is 0 Å². The Bertz CT molecular complexity index is 616. The maximum atomic E-state index is 12.8. The number of hydrogen-bond donors (Lipinski definition) is 0. The summed E-state index contributed by atoms with van der Waals surface area (Å²) in [4.78, 5) is -1.01. The van der Waals surface area contributed by atoms with Crippen molar-refractivity contribution in [1.29, 1.82) is 0 Å². The molecule has 20 heavy (non-hydrogen) atoms. The minimum atomic E-state index is -4.86. The molecule has 114 valence electrons. The van der Waals surface area contributed by atoms with Crippen LogP contribution in [-0.4, -0.2) is 15.2 Å². The molecular formula is C9H9ClF3O5PS. The fraction of sp³-hybridized carbons (Fsp3) is 0.333. The third-order valence-corrected chi connectivity index (χ3v) is 4.26. The standard InChI is InChI=1S/C9H9ClF3O5PS/c1-6-3-2-4-7(9(11,12)13)8(6)20(15,16)18-5-17-19(10)14/h2-4,19H,5H2,1H3. The van der Waals surface area contributed by atoms with Crippen LogP contribution in [0.2, 0.25) is 0 Å². The normalized spacial score (nSPS) is 14.2. The summed E-state index contributed by atoms with van der Waals surface area (Å²) in [6.45, 7) is 0.159. The number of benzene rings is 1. The van der Waals surface area contributed by atoms with Crippen LogP contribution in [0.15, 0.2) is 23.1 Å². The molecule has 0 spiro atoms. The van der Waals surface area contributed by atoms with Crippen LogP contribution >= 0.6 is 18.6 Å². The van der Waals surface area contributed by atoms with Gasteiger partial charge >= 0.3 is 6.18 Å². The highest BCUT2D eigenvalue weighted by Gasteiger charge is 2.38. The van der Waals surface area contributed by atoms with E-state index in [1.807, 2.05) is 0 Å². The van der Waals surface area contributed by atoms with E-state index in [0.29, 0.717) is 6.07 Å². The van der Waals surface area contributed by atoms with E-state index >= 15 is 0 Å². The molecule has 1 aromatic carbocycles. The Balaban J connectivity index is 3.21. The summed E-state index contributed by atoms with van der Waals surface area (Å²) in [5, 5.41) is 0. The van der Waals surface area contributed by atoms with E-state index in [4.69, 9.17) is 11.2 Å². The summed E-state index contributed by atoms with van der Waals surface area (Å²) >= 11 is 4.96. The second kappa shape index (κ2) is 6.44. The highest BCUT2D eigenvalue weighted by molar-refractivity contribution is 7.86. The third-order valence-electron chi connectivity index (χ3n) is 2.14. The molecule has 0 fully saturated rings. The number of hydrogen-bond acceptors (Lipinski definition) is 5. The predicted molar refractivity (Wildman–Crippen MR) is 65.3 cm³/mol. The van der Waals surface area contributed by atoms with Gasteiger partial charge in [0.15, 0.2) is 6.79 Å². The smallest absolute Gasteiger partial charge is 0.291 e. The van der Waals surface area contributed by atoms with Crippen LogP contribution < -0.4 is 0 Å². The number of halogens is 4. The van der Waals surface area contributed by atoms with Gasteiger partial charge in [-0.25, -0.2) is 4.18 Å². The van der Waals surface area contributed by atoms with E-state index in [1.54, 1.807) is 0 Å². The van der Waals surface area contributed by atoms with Crippen LogP contribution in [0.5, 0.6) is 0 Å². The lowest BCUT2D eigenvalue weighted by molar-refractivity contribution is -0.140. The molecule has 11 heteroatoms. The van der Waals surface area contributed by atoms with Crippen molar-refractivity contribution in [3.8, 4) is 0 Å². The van der Waals surface area contributed by atoms with Gasteiger partial charge < -0.3 is 0 Å². The van der Waals surface area contributed by atoms with Crippen molar-refractivity contribution in [1.82, 2.24) is 0 Å². The first-order valence-corrected chi connectivity index (χ1v) is 8.68. The average molecular weight is 353 g/mol. The van der Waals surface area contributed by atoms with Crippen LogP contribution in [-0.2, 0) is 29.6 Å². The van der Waals surface area contributed by atoms with Gasteiger partial charge in [-0.2, -0.15) is 21.6 Å². The van der Waals surface area contributed by atoms with Crippen molar-refractivity contribution >= 4 is 28.7 Å². The lowest BCUT2D eigenvalue weighted by Gasteiger charge is -2.15. The quantitative estimate of drug-likeness (QED) is 0.462. The van der Waals surface area contributed by atoms with Crippen LogP contribution in [0.4, 0.5) is 13.2 Å². The Morgan fingerprint density at radius 2 is 1.95 bits per heavy atom. The van der Waals surface area contributed by atoms with E-state index in [-0.39, 0.29) is 5.56 Å². The molecule has 0 saturated heterocycles. The molecule has 0 aliphatic heterocycles. The number of rotatable bonds is 5. The molecule has 1 aromatic rings. The molecule has 5 nitrogen and oxygen atoms in total. The summed E-state index contributed by atoms with van der Waals surface area (Å²) in [6.07, 6.45) is -4.86. The topological polar surface area (TPSA) is 69.7 Å². The second-order valence-electron chi connectivity index (χ2n) is 3.52. The summed E-state index contributed by atoms with van der Waals surface area (Å²) in [5.41, 5.74) is -1.49. The number of aryl methyl sites for hydroxylation is 1. The van der Waals surface area contributed by atoms with Crippen LogP contribution in [0, 0.1) is 6.92 Å². The Hall–Kier alpha value is -0.600. The zero-order valence-corrected chi connectivity index (χ0v) is 12.5. The van der Waals surface area contributed by atoms with Gasteiger partial charge in [-0.05, 0) is 29.8 Å². The third kappa shape index (κ3) is 4.46. The van der Waals surface area contributed by atoms with E-state index in [1.165, 1.54) is 13.0 Å². The van der Waals surface area contributed by atoms with Gasteiger partial charge in [0.1, 0.15) is 4.90 Å². The first-order chi connectivity index (χ1) is 9.05. The molecule has 0 bridgehead atoms. The molecule has 0 aromatic heterocycles. The molecule has 0 N–H and O–H groups in total. The molecular weight excluding hydrogens is 344 g/mol. The summed E-state index contributed by atoms with van der Waals surface area (Å²) < 4.78 is 80.8. The second-order valence-corrected chi connectivity index (χ2v) is 6.76. The van der Waals surface area contributed by atoms with Crippen molar-refractivity contribution < 1.29 is 34.9 Å². The van der Waals surface area contributed by atoms with Gasteiger partial charge in [0.25, 0.3) is 17.5 Å². The van der Waals surface area contributed by atoms with Crippen molar-refractivity contribution in [3.05, 3.63) is 29.3 Å². The predicted octanol–water partition coefficient (Wildman–Crippen LogP) is 3.32. The summed E-state index contributed by atoms with van der Waals surface area (Å²) in [7, 11) is -7.70. The molecule has 0 aliphatic carbocycles. The molecule has 1 rings (SSSR count). The van der Waals surface area contributed by atoms with E-state index < -0.39 is 40.9 Å².